The van der Waals surface area contributed by atoms with Crippen LogP contribution in [0.15, 0.2) is 18.2 Å². The van der Waals surface area contributed by atoms with Crippen molar-refractivity contribution >= 4 is 29.3 Å². The number of likely N-dealkylation sites (N-methyl/N-ethyl adjacent to an activating group) is 1. The molecule has 0 saturated carbocycles. The second-order valence-electron chi connectivity index (χ2n) is 4.47. The number of nitrogens with zero attached hydrogens (tertiary/aromatic N) is 2. The Balaban J connectivity index is 2.02. The number of hydrogen-bond donors (Lipinski definition) is 1. The van der Waals surface area contributed by atoms with E-state index in [1.807, 2.05) is 11.9 Å². The number of carbonyl (C=O) groups excluding carboxylic acids is 1. The van der Waals surface area contributed by atoms with Gasteiger partial charge in [-0.3, -0.25) is 4.79 Å². The Morgan fingerprint density at radius 3 is 2.58 bits per heavy atom. The van der Waals surface area contributed by atoms with E-state index < -0.39 is 5.97 Å². The van der Waals surface area contributed by atoms with Crippen LogP contribution in [0.4, 0.5) is 0 Å². The van der Waals surface area contributed by atoms with E-state index >= 15 is 0 Å². The first-order valence-electron chi connectivity index (χ1n) is 6.05. The Morgan fingerprint density at radius 1 is 1.26 bits per heavy atom. The second-order valence-corrected chi connectivity index (χ2v) is 5.58. The third kappa shape index (κ3) is 3.65. The largest absolute Gasteiger partial charge is 0.478 e. The van der Waals surface area contributed by atoms with Crippen molar-refractivity contribution < 1.29 is 14.7 Å². The summed E-state index contributed by atoms with van der Waals surface area (Å²) in [6.45, 7) is 3.27. The van der Waals surface area contributed by atoms with Crippen molar-refractivity contribution in [2.24, 2.45) is 0 Å². The lowest BCUT2D eigenvalue weighted by Crippen LogP contribution is -2.46. The van der Waals surface area contributed by atoms with Crippen LogP contribution in [-0.4, -0.2) is 60.0 Å². The van der Waals surface area contributed by atoms with Crippen molar-refractivity contribution in [2.75, 3.05) is 33.2 Å². The molecule has 1 amide bonds. The first-order chi connectivity index (χ1) is 9.06. The average Bonchev–Trinajstić information content (AvgIpc) is 2.85. The topological polar surface area (TPSA) is 60.9 Å². The van der Waals surface area contributed by atoms with Gasteiger partial charge in [0.2, 0.25) is 0 Å². The first-order valence-corrected chi connectivity index (χ1v) is 6.86. The van der Waals surface area contributed by atoms with E-state index in [0.29, 0.717) is 4.88 Å². The number of piperazine rings is 1. The Labute approximate surface area is 115 Å². The second kappa shape index (κ2) is 5.99. The van der Waals surface area contributed by atoms with Crippen LogP contribution in [0.1, 0.15) is 14.5 Å². The third-order valence-corrected chi connectivity index (χ3v) is 4.06. The SMILES string of the molecule is CN1CCN(C(=O)c2ccc(C=CC(=O)O)s2)CC1. The summed E-state index contributed by atoms with van der Waals surface area (Å²) in [5.41, 5.74) is 0. The van der Waals surface area contributed by atoms with Gasteiger partial charge in [-0.15, -0.1) is 11.3 Å². The summed E-state index contributed by atoms with van der Waals surface area (Å²) < 4.78 is 0. The number of aliphatic carboxylic acids is 1. The minimum absolute atomic E-state index is 0.0353. The molecule has 2 rings (SSSR count). The highest BCUT2D eigenvalue weighted by atomic mass is 32.1. The van der Waals surface area contributed by atoms with Gasteiger partial charge in [-0.25, -0.2) is 4.79 Å². The molecule has 1 aromatic heterocycles. The molecule has 0 unspecified atom stereocenters. The summed E-state index contributed by atoms with van der Waals surface area (Å²) in [4.78, 5) is 28.1. The van der Waals surface area contributed by atoms with E-state index in [-0.39, 0.29) is 5.91 Å². The number of amides is 1. The van der Waals surface area contributed by atoms with Crippen molar-refractivity contribution in [3.05, 3.63) is 28.0 Å². The van der Waals surface area contributed by atoms with Gasteiger partial charge in [0.15, 0.2) is 0 Å². The monoisotopic (exact) mass is 280 g/mol. The minimum atomic E-state index is -0.986. The van der Waals surface area contributed by atoms with Crippen molar-refractivity contribution in [1.82, 2.24) is 9.80 Å². The Kier molecular flexibility index (Phi) is 4.34. The molecule has 5 nitrogen and oxygen atoms in total. The fraction of sp³-hybridized carbons (Fsp3) is 0.385. The van der Waals surface area contributed by atoms with Crippen LogP contribution in [0, 0.1) is 0 Å². The van der Waals surface area contributed by atoms with Crippen LogP contribution in [0.3, 0.4) is 0 Å². The summed E-state index contributed by atoms with van der Waals surface area (Å²) in [5.74, 6) is -0.951. The van der Waals surface area contributed by atoms with Crippen LogP contribution >= 0.6 is 11.3 Å². The summed E-state index contributed by atoms with van der Waals surface area (Å²) >= 11 is 1.32. The van der Waals surface area contributed by atoms with Crippen LogP contribution in [0.2, 0.25) is 0 Å². The maximum Gasteiger partial charge on any atom is 0.328 e. The van der Waals surface area contributed by atoms with E-state index in [1.54, 1.807) is 12.1 Å². The average molecular weight is 280 g/mol. The van der Waals surface area contributed by atoms with Gasteiger partial charge in [-0.05, 0) is 25.3 Å². The maximum absolute atomic E-state index is 12.2. The highest BCUT2D eigenvalue weighted by Crippen LogP contribution is 2.20. The van der Waals surface area contributed by atoms with Gasteiger partial charge in [0.05, 0.1) is 4.88 Å². The zero-order valence-corrected chi connectivity index (χ0v) is 11.5. The lowest BCUT2D eigenvalue weighted by molar-refractivity contribution is -0.131. The van der Waals surface area contributed by atoms with Crippen molar-refractivity contribution in [2.45, 2.75) is 0 Å². The maximum atomic E-state index is 12.2. The van der Waals surface area contributed by atoms with Crippen molar-refractivity contribution in [3.63, 3.8) is 0 Å². The molecule has 1 saturated heterocycles. The van der Waals surface area contributed by atoms with Gasteiger partial charge >= 0.3 is 5.97 Å². The fourth-order valence-electron chi connectivity index (χ4n) is 1.88. The number of carbonyl (C=O) groups is 2. The Morgan fingerprint density at radius 2 is 1.95 bits per heavy atom. The summed E-state index contributed by atoms with van der Waals surface area (Å²) in [6, 6.07) is 3.53. The fourth-order valence-corrected chi connectivity index (χ4v) is 2.75. The van der Waals surface area contributed by atoms with Gasteiger partial charge in [-0.1, -0.05) is 0 Å². The van der Waals surface area contributed by atoms with Crippen molar-refractivity contribution in [3.8, 4) is 0 Å². The van der Waals surface area contributed by atoms with Crippen LogP contribution in [0.5, 0.6) is 0 Å². The number of rotatable bonds is 3. The molecule has 1 aliphatic rings. The molecule has 2 heterocycles. The molecule has 102 valence electrons. The molecule has 1 aromatic rings. The molecule has 0 aliphatic carbocycles. The zero-order chi connectivity index (χ0) is 13.8. The zero-order valence-electron chi connectivity index (χ0n) is 10.7. The molecular weight excluding hydrogens is 264 g/mol. The summed E-state index contributed by atoms with van der Waals surface area (Å²) in [6.07, 6.45) is 2.59. The van der Waals surface area contributed by atoms with Crippen molar-refractivity contribution in [1.29, 1.82) is 0 Å². The molecular formula is C13H16N2O3S. The van der Waals surface area contributed by atoms with Gasteiger partial charge < -0.3 is 14.9 Å². The van der Waals surface area contributed by atoms with Gasteiger partial charge in [0.1, 0.15) is 0 Å². The van der Waals surface area contributed by atoms with E-state index in [9.17, 15) is 9.59 Å². The van der Waals surface area contributed by atoms with Gasteiger partial charge in [0.25, 0.3) is 5.91 Å². The lowest BCUT2D eigenvalue weighted by atomic mass is 10.3. The first kappa shape index (κ1) is 13.8. The third-order valence-electron chi connectivity index (χ3n) is 3.02. The molecule has 6 heteroatoms. The van der Waals surface area contributed by atoms with Crippen LogP contribution < -0.4 is 0 Å². The summed E-state index contributed by atoms with van der Waals surface area (Å²) in [7, 11) is 2.04. The molecule has 0 aromatic carbocycles. The van der Waals surface area contributed by atoms with E-state index in [0.717, 1.165) is 37.1 Å². The normalized spacial score (nSPS) is 17.0. The number of thiophene rings is 1. The Bertz CT molecular complexity index is 502. The molecule has 19 heavy (non-hydrogen) atoms. The molecule has 0 radical (unpaired) electrons. The van der Waals surface area contributed by atoms with E-state index in [1.165, 1.54) is 17.4 Å². The lowest BCUT2D eigenvalue weighted by Gasteiger charge is -2.32. The van der Waals surface area contributed by atoms with E-state index in [4.69, 9.17) is 5.11 Å². The molecule has 1 N–H and O–H groups in total. The minimum Gasteiger partial charge on any atom is -0.478 e. The number of carboxylic acids is 1. The van der Waals surface area contributed by atoms with Crippen LogP contribution in [-0.2, 0) is 4.79 Å². The Hall–Kier alpha value is -1.66. The molecule has 0 atom stereocenters. The van der Waals surface area contributed by atoms with Gasteiger partial charge in [-0.2, -0.15) is 0 Å². The molecule has 0 spiro atoms. The predicted octanol–water partition coefficient (Wildman–Crippen LogP) is 1.23. The highest BCUT2D eigenvalue weighted by molar-refractivity contribution is 7.14. The smallest absolute Gasteiger partial charge is 0.328 e. The van der Waals surface area contributed by atoms with Crippen LogP contribution in [0.25, 0.3) is 6.08 Å². The molecule has 1 aliphatic heterocycles. The quantitative estimate of drug-likeness (QED) is 0.846. The van der Waals surface area contributed by atoms with E-state index in [2.05, 4.69) is 4.90 Å². The summed E-state index contributed by atoms with van der Waals surface area (Å²) in [5, 5.41) is 8.56. The molecule has 0 bridgehead atoms. The standard InChI is InChI=1S/C13H16N2O3S/c1-14-6-8-15(9-7-14)13(18)11-4-2-10(19-11)3-5-12(16)17/h2-5H,6-9H2,1H3,(H,16,17). The van der Waals surface area contributed by atoms with Gasteiger partial charge in [0, 0.05) is 37.1 Å². The predicted molar refractivity (Wildman–Crippen MR) is 74.4 cm³/mol. The number of carboxylic acid groups (broad SMARTS) is 1. The molecule has 1 fully saturated rings. The number of hydrogen-bond acceptors (Lipinski definition) is 4. The highest BCUT2D eigenvalue weighted by Gasteiger charge is 2.21.